The van der Waals surface area contributed by atoms with Gasteiger partial charge in [0.05, 0.1) is 10.6 Å². The van der Waals surface area contributed by atoms with Gasteiger partial charge in [0.15, 0.2) is 0 Å². The Hall–Kier alpha value is -2.77. The van der Waals surface area contributed by atoms with E-state index in [0.717, 1.165) is 23.3 Å². The zero-order valence-corrected chi connectivity index (χ0v) is 20.9. The number of benzene rings is 3. The van der Waals surface area contributed by atoms with E-state index >= 15 is 0 Å². The number of hydrogen-bond acceptors (Lipinski definition) is 4. The second-order valence-corrected chi connectivity index (χ2v) is 11.0. The predicted molar refractivity (Wildman–Crippen MR) is 136 cm³/mol. The number of carbonyl (C=O) groups is 1. The van der Waals surface area contributed by atoms with Gasteiger partial charge in [0.1, 0.15) is 6.54 Å². The zero-order chi connectivity index (χ0) is 23.8. The van der Waals surface area contributed by atoms with Crippen molar-refractivity contribution in [1.82, 2.24) is 5.32 Å². The molecule has 0 spiro atoms. The topological polar surface area (TPSA) is 66.5 Å². The minimum absolute atomic E-state index is 0.160. The summed E-state index contributed by atoms with van der Waals surface area (Å²) < 4.78 is 28.1. The molecule has 0 saturated heterocycles. The van der Waals surface area contributed by atoms with Crippen LogP contribution in [0, 0.1) is 20.8 Å². The number of rotatable bonds is 10. The number of nitrogens with one attached hydrogen (secondary N) is 1. The Morgan fingerprint density at radius 1 is 0.909 bits per heavy atom. The lowest BCUT2D eigenvalue weighted by Crippen LogP contribution is -2.41. The van der Waals surface area contributed by atoms with E-state index in [1.165, 1.54) is 14.8 Å². The van der Waals surface area contributed by atoms with E-state index in [-0.39, 0.29) is 17.3 Å². The van der Waals surface area contributed by atoms with E-state index in [1.807, 2.05) is 26.0 Å². The number of sulfonamides is 1. The van der Waals surface area contributed by atoms with Crippen molar-refractivity contribution in [2.45, 2.75) is 37.0 Å². The molecular weight excluding hydrogens is 452 g/mol. The van der Waals surface area contributed by atoms with Crippen molar-refractivity contribution in [3.63, 3.8) is 0 Å². The van der Waals surface area contributed by atoms with Crippen LogP contribution in [-0.2, 0) is 14.8 Å². The molecule has 0 fully saturated rings. The highest BCUT2D eigenvalue weighted by molar-refractivity contribution is 7.99. The molecule has 3 aromatic rings. The van der Waals surface area contributed by atoms with Crippen LogP contribution in [0.1, 0.15) is 23.1 Å². The normalized spacial score (nSPS) is 11.2. The monoisotopic (exact) mass is 482 g/mol. The summed E-state index contributed by atoms with van der Waals surface area (Å²) in [6, 6.07) is 22.2. The Bertz CT molecular complexity index is 1180. The number of nitrogens with zero attached hydrogens (tertiary/aromatic N) is 1. The fourth-order valence-electron chi connectivity index (χ4n) is 3.32. The van der Waals surface area contributed by atoms with Gasteiger partial charge in [-0.3, -0.25) is 9.10 Å². The Morgan fingerprint density at radius 2 is 1.58 bits per heavy atom. The highest BCUT2D eigenvalue weighted by Crippen LogP contribution is 2.27. The first-order valence-corrected chi connectivity index (χ1v) is 13.3. The molecule has 0 saturated carbocycles. The number of amides is 1. The minimum Gasteiger partial charge on any atom is -0.354 e. The van der Waals surface area contributed by atoms with Crippen molar-refractivity contribution >= 4 is 33.4 Å². The summed E-state index contributed by atoms with van der Waals surface area (Å²) in [4.78, 5) is 14.1. The maximum Gasteiger partial charge on any atom is 0.264 e. The fraction of sp³-hybridized carbons (Fsp3) is 0.269. The van der Waals surface area contributed by atoms with Crippen LogP contribution < -0.4 is 9.62 Å². The summed E-state index contributed by atoms with van der Waals surface area (Å²) >= 11 is 1.74. The van der Waals surface area contributed by atoms with Crippen molar-refractivity contribution < 1.29 is 13.2 Å². The Balaban J connectivity index is 1.66. The molecule has 0 aliphatic rings. The van der Waals surface area contributed by atoms with Crippen LogP contribution in [0.3, 0.4) is 0 Å². The fourth-order valence-corrected chi connectivity index (χ4v) is 5.67. The molecule has 1 N–H and O–H groups in total. The molecule has 0 radical (unpaired) electrons. The van der Waals surface area contributed by atoms with Crippen LogP contribution in [0.2, 0.25) is 0 Å². The van der Waals surface area contributed by atoms with Gasteiger partial charge in [0.25, 0.3) is 10.0 Å². The molecule has 3 aromatic carbocycles. The predicted octanol–water partition coefficient (Wildman–Crippen LogP) is 5.11. The lowest BCUT2D eigenvalue weighted by molar-refractivity contribution is -0.119. The molecule has 0 heterocycles. The third kappa shape index (κ3) is 6.85. The van der Waals surface area contributed by atoms with E-state index in [9.17, 15) is 13.2 Å². The largest absolute Gasteiger partial charge is 0.354 e. The molecule has 0 bridgehead atoms. The number of hydrogen-bond donors (Lipinski definition) is 1. The van der Waals surface area contributed by atoms with Crippen LogP contribution in [0.4, 0.5) is 5.69 Å². The number of carbonyl (C=O) groups excluding carboxylic acids is 1. The average Bonchev–Trinajstić information content (AvgIpc) is 2.80. The number of aryl methyl sites for hydroxylation is 3. The standard InChI is InChI=1S/C26H30N2O3S2/c1-20-11-14-23(15-12-20)32-17-7-16-27-26(29)19-28(25-18-21(2)10-13-22(25)3)33(30,31)24-8-5-4-6-9-24/h4-6,8-15,18H,7,16-17,19H2,1-3H3,(H,27,29). The summed E-state index contributed by atoms with van der Waals surface area (Å²) in [7, 11) is -3.89. The van der Waals surface area contributed by atoms with Crippen LogP contribution in [0.25, 0.3) is 0 Å². The molecule has 7 heteroatoms. The molecule has 3 rings (SSSR count). The van der Waals surface area contributed by atoms with Crippen molar-refractivity contribution in [1.29, 1.82) is 0 Å². The first kappa shape index (κ1) is 24.9. The van der Waals surface area contributed by atoms with Crippen molar-refractivity contribution in [2.75, 3.05) is 23.1 Å². The van der Waals surface area contributed by atoms with Crippen LogP contribution in [0.15, 0.2) is 82.6 Å². The smallest absolute Gasteiger partial charge is 0.264 e. The van der Waals surface area contributed by atoms with Crippen molar-refractivity contribution in [2.24, 2.45) is 0 Å². The summed E-state index contributed by atoms with van der Waals surface area (Å²) in [5, 5.41) is 2.88. The Labute approximate surface area is 201 Å². The number of thioether (sulfide) groups is 1. The lowest BCUT2D eigenvalue weighted by Gasteiger charge is -2.26. The second-order valence-electron chi connectivity index (χ2n) is 7.98. The van der Waals surface area contributed by atoms with Gasteiger partial charge < -0.3 is 5.32 Å². The van der Waals surface area contributed by atoms with Gasteiger partial charge in [-0.25, -0.2) is 8.42 Å². The molecule has 0 aromatic heterocycles. The SMILES string of the molecule is Cc1ccc(SCCCNC(=O)CN(c2cc(C)ccc2C)S(=O)(=O)c2ccccc2)cc1. The summed E-state index contributed by atoms with van der Waals surface area (Å²) in [6.45, 7) is 6.03. The average molecular weight is 483 g/mol. The molecule has 33 heavy (non-hydrogen) atoms. The van der Waals surface area contributed by atoms with E-state index in [2.05, 4.69) is 36.5 Å². The molecule has 1 amide bonds. The van der Waals surface area contributed by atoms with E-state index in [0.29, 0.717) is 12.2 Å². The van der Waals surface area contributed by atoms with Crippen LogP contribution in [-0.4, -0.2) is 33.2 Å². The zero-order valence-electron chi connectivity index (χ0n) is 19.2. The molecule has 0 aliphatic carbocycles. The lowest BCUT2D eigenvalue weighted by atomic mass is 10.1. The summed E-state index contributed by atoms with van der Waals surface area (Å²) in [6.07, 6.45) is 0.791. The Kier molecular flexibility index (Phi) is 8.58. The maximum atomic E-state index is 13.4. The molecule has 0 atom stereocenters. The van der Waals surface area contributed by atoms with E-state index in [1.54, 1.807) is 48.2 Å². The number of anilines is 1. The van der Waals surface area contributed by atoms with Crippen LogP contribution in [0.5, 0.6) is 0 Å². The highest BCUT2D eigenvalue weighted by atomic mass is 32.2. The van der Waals surface area contributed by atoms with Gasteiger partial charge in [-0.15, -0.1) is 11.8 Å². The van der Waals surface area contributed by atoms with Crippen molar-refractivity contribution in [3.05, 3.63) is 89.5 Å². The Morgan fingerprint density at radius 3 is 2.27 bits per heavy atom. The molecular formula is C26H30N2O3S2. The van der Waals surface area contributed by atoms with E-state index < -0.39 is 10.0 Å². The molecule has 174 valence electrons. The van der Waals surface area contributed by atoms with Gasteiger partial charge in [-0.2, -0.15) is 0 Å². The minimum atomic E-state index is -3.89. The molecule has 0 aliphatic heterocycles. The van der Waals surface area contributed by atoms with Gasteiger partial charge >= 0.3 is 0 Å². The highest BCUT2D eigenvalue weighted by Gasteiger charge is 2.28. The maximum absolute atomic E-state index is 13.4. The first-order valence-electron chi connectivity index (χ1n) is 10.9. The molecule has 0 unspecified atom stereocenters. The van der Waals surface area contributed by atoms with Crippen molar-refractivity contribution in [3.8, 4) is 0 Å². The van der Waals surface area contributed by atoms with E-state index in [4.69, 9.17) is 0 Å². The van der Waals surface area contributed by atoms with Gasteiger partial charge in [-0.1, -0.05) is 48.0 Å². The summed E-state index contributed by atoms with van der Waals surface area (Å²) in [5.74, 6) is 0.544. The summed E-state index contributed by atoms with van der Waals surface area (Å²) in [5.41, 5.74) is 3.47. The van der Waals surface area contributed by atoms with Gasteiger partial charge in [0.2, 0.25) is 5.91 Å². The first-order chi connectivity index (χ1) is 15.8. The third-order valence-corrected chi connectivity index (χ3v) is 8.06. The third-order valence-electron chi connectivity index (χ3n) is 5.18. The van der Waals surface area contributed by atoms with Crippen LogP contribution >= 0.6 is 11.8 Å². The van der Waals surface area contributed by atoms with Gasteiger partial charge in [0, 0.05) is 11.4 Å². The second kappa shape index (κ2) is 11.4. The quantitative estimate of drug-likeness (QED) is 0.322. The molecule has 5 nitrogen and oxygen atoms in total. The van der Waals surface area contributed by atoms with Gasteiger partial charge in [-0.05, 0) is 74.4 Å².